The van der Waals surface area contributed by atoms with Crippen LogP contribution in [0.25, 0.3) is 0 Å². The standard InChI is InChI=1S/C12H20N2O/c1-10(8-12(2,3)15-4)14-11-6-5-7-13-9-11/h5-7,9-10,14H,8H2,1-4H3. The molecule has 0 saturated heterocycles. The Labute approximate surface area is 91.9 Å². The molecule has 3 nitrogen and oxygen atoms in total. The third-order valence-electron chi connectivity index (χ3n) is 2.42. The van der Waals surface area contributed by atoms with Crippen LogP contribution in [0.1, 0.15) is 27.2 Å². The van der Waals surface area contributed by atoms with Crippen LogP contribution in [0.5, 0.6) is 0 Å². The second kappa shape index (κ2) is 5.12. The highest BCUT2D eigenvalue weighted by Crippen LogP contribution is 2.17. The predicted octanol–water partition coefficient (Wildman–Crippen LogP) is 2.70. The van der Waals surface area contributed by atoms with Crippen molar-refractivity contribution in [3.05, 3.63) is 24.5 Å². The van der Waals surface area contributed by atoms with E-state index in [-0.39, 0.29) is 5.60 Å². The highest BCUT2D eigenvalue weighted by Gasteiger charge is 2.19. The van der Waals surface area contributed by atoms with Crippen molar-refractivity contribution in [1.29, 1.82) is 0 Å². The maximum Gasteiger partial charge on any atom is 0.0642 e. The zero-order chi connectivity index (χ0) is 11.3. The van der Waals surface area contributed by atoms with Gasteiger partial charge >= 0.3 is 0 Å². The summed E-state index contributed by atoms with van der Waals surface area (Å²) in [7, 11) is 1.75. The van der Waals surface area contributed by atoms with Gasteiger partial charge in [-0.2, -0.15) is 0 Å². The van der Waals surface area contributed by atoms with E-state index in [2.05, 4.69) is 31.1 Å². The lowest BCUT2D eigenvalue weighted by Gasteiger charge is -2.27. The second-order valence-electron chi connectivity index (χ2n) is 4.46. The van der Waals surface area contributed by atoms with Gasteiger partial charge in [-0.25, -0.2) is 0 Å². The van der Waals surface area contributed by atoms with E-state index in [1.807, 2.05) is 18.3 Å². The Hall–Kier alpha value is -1.09. The maximum atomic E-state index is 5.39. The lowest BCUT2D eigenvalue weighted by molar-refractivity contribution is 0.0128. The number of hydrogen-bond donors (Lipinski definition) is 1. The molecule has 0 bridgehead atoms. The van der Waals surface area contributed by atoms with Crippen LogP contribution >= 0.6 is 0 Å². The zero-order valence-corrected chi connectivity index (χ0v) is 9.95. The fraction of sp³-hybridized carbons (Fsp3) is 0.583. The smallest absolute Gasteiger partial charge is 0.0642 e. The Morgan fingerprint density at radius 2 is 2.27 bits per heavy atom. The average Bonchev–Trinajstić information content (AvgIpc) is 2.18. The normalized spacial score (nSPS) is 13.6. The lowest BCUT2D eigenvalue weighted by Crippen LogP contribution is -2.31. The van der Waals surface area contributed by atoms with Gasteiger partial charge in [-0.15, -0.1) is 0 Å². The molecule has 1 N–H and O–H groups in total. The van der Waals surface area contributed by atoms with Gasteiger partial charge in [-0.1, -0.05) is 0 Å². The highest BCUT2D eigenvalue weighted by molar-refractivity contribution is 5.40. The monoisotopic (exact) mass is 208 g/mol. The minimum atomic E-state index is -0.0887. The van der Waals surface area contributed by atoms with Crippen LogP contribution < -0.4 is 5.32 Å². The fourth-order valence-electron chi connectivity index (χ4n) is 1.60. The first-order valence-corrected chi connectivity index (χ1v) is 5.25. The van der Waals surface area contributed by atoms with Crippen molar-refractivity contribution in [2.45, 2.75) is 38.8 Å². The number of ether oxygens (including phenoxy) is 1. The van der Waals surface area contributed by atoms with E-state index in [1.54, 1.807) is 13.3 Å². The summed E-state index contributed by atoms with van der Waals surface area (Å²) in [6.45, 7) is 6.33. The molecule has 1 heterocycles. The van der Waals surface area contributed by atoms with Crippen molar-refractivity contribution in [2.24, 2.45) is 0 Å². The number of anilines is 1. The van der Waals surface area contributed by atoms with Gasteiger partial charge in [-0.05, 0) is 39.3 Å². The Morgan fingerprint density at radius 1 is 1.53 bits per heavy atom. The topological polar surface area (TPSA) is 34.1 Å². The summed E-state index contributed by atoms with van der Waals surface area (Å²) < 4.78 is 5.39. The summed E-state index contributed by atoms with van der Waals surface area (Å²) in [6.07, 6.45) is 4.56. The molecule has 1 atom stereocenters. The van der Waals surface area contributed by atoms with Gasteiger partial charge < -0.3 is 10.1 Å². The number of aromatic nitrogens is 1. The molecule has 0 aliphatic rings. The van der Waals surface area contributed by atoms with E-state index in [4.69, 9.17) is 4.74 Å². The van der Waals surface area contributed by atoms with Crippen LogP contribution in [0, 0.1) is 0 Å². The number of nitrogens with one attached hydrogen (secondary N) is 1. The number of pyridine rings is 1. The van der Waals surface area contributed by atoms with Crippen molar-refractivity contribution in [3.63, 3.8) is 0 Å². The quantitative estimate of drug-likeness (QED) is 0.807. The summed E-state index contributed by atoms with van der Waals surface area (Å²) in [6, 6.07) is 4.31. The summed E-state index contributed by atoms with van der Waals surface area (Å²) in [5.41, 5.74) is 0.964. The molecular formula is C12H20N2O. The number of rotatable bonds is 5. The predicted molar refractivity (Wildman–Crippen MR) is 63.0 cm³/mol. The minimum absolute atomic E-state index is 0.0887. The van der Waals surface area contributed by atoms with Gasteiger partial charge in [0, 0.05) is 25.5 Å². The van der Waals surface area contributed by atoms with Crippen LogP contribution in [0.2, 0.25) is 0 Å². The molecule has 1 unspecified atom stereocenters. The van der Waals surface area contributed by atoms with E-state index < -0.39 is 0 Å². The Balaban J connectivity index is 2.46. The average molecular weight is 208 g/mol. The van der Waals surface area contributed by atoms with Crippen molar-refractivity contribution < 1.29 is 4.74 Å². The molecule has 0 aromatic carbocycles. The van der Waals surface area contributed by atoms with Gasteiger partial charge in [-0.3, -0.25) is 4.98 Å². The van der Waals surface area contributed by atoms with Crippen molar-refractivity contribution in [1.82, 2.24) is 4.98 Å². The number of methoxy groups -OCH3 is 1. The molecule has 0 radical (unpaired) electrons. The number of nitrogens with zero attached hydrogens (tertiary/aromatic N) is 1. The Morgan fingerprint density at radius 3 is 2.80 bits per heavy atom. The molecule has 0 aliphatic heterocycles. The summed E-state index contributed by atoms with van der Waals surface area (Å²) in [5.74, 6) is 0. The number of hydrogen-bond acceptors (Lipinski definition) is 3. The zero-order valence-electron chi connectivity index (χ0n) is 9.95. The van der Waals surface area contributed by atoms with Gasteiger partial charge in [0.15, 0.2) is 0 Å². The highest BCUT2D eigenvalue weighted by atomic mass is 16.5. The molecule has 0 saturated carbocycles. The molecule has 1 aromatic heterocycles. The van der Waals surface area contributed by atoms with E-state index >= 15 is 0 Å². The van der Waals surface area contributed by atoms with Crippen LogP contribution in [-0.4, -0.2) is 23.7 Å². The first kappa shape index (κ1) is 12.0. The van der Waals surface area contributed by atoms with Crippen molar-refractivity contribution in [2.75, 3.05) is 12.4 Å². The largest absolute Gasteiger partial charge is 0.381 e. The summed E-state index contributed by atoms with van der Waals surface area (Å²) in [4.78, 5) is 4.06. The molecule has 3 heteroatoms. The van der Waals surface area contributed by atoms with Crippen LogP contribution in [0.4, 0.5) is 5.69 Å². The van der Waals surface area contributed by atoms with Gasteiger partial charge in [0.2, 0.25) is 0 Å². The molecule has 0 fully saturated rings. The lowest BCUT2D eigenvalue weighted by atomic mass is 10.00. The van der Waals surface area contributed by atoms with Crippen LogP contribution in [0.15, 0.2) is 24.5 Å². The molecule has 0 spiro atoms. The van der Waals surface area contributed by atoms with Gasteiger partial charge in [0.05, 0.1) is 11.3 Å². The summed E-state index contributed by atoms with van der Waals surface area (Å²) in [5, 5.41) is 3.39. The van der Waals surface area contributed by atoms with E-state index in [9.17, 15) is 0 Å². The fourth-order valence-corrected chi connectivity index (χ4v) is 1.60. The van der Waals surface area contributed by atoms with E-state index in [1.165, 1.54) is 0 Å². The van der Waals surface area contributed by atoms with Crippen LogP contribution in [0.3, 0.4) is 0 Å². The van der Waals surface area contributed by atoms with Crippen molar-refractivity contribution in [3.8, 4) is 0 Å². The molecule has 15 heavy (non-hydrogen) atoms. The molecular weight excluding hydrogens is 188 g/mol. The molecule has 1 rings (SSSR count). The first-order valence-electron chi connectivity index (χ1n) is 5.25. The molecule has 1 aromatic rings. The SMILES string of the molecule is COC(C)(C)CC(C)Nc1cccnc1. The third-order valence-corrected chi connectivity index (χ3v) is 2.42. The van der Waals surface area contributed by atoms with Gasteiger partial charge in [0.25, 0.3) is 0 Å². The van der Waals surface area contributed by atoms with Gasteiger partial charge in [0.1, 0.15) is 0 Å². The third kappa shape index (κ3) is 4.30. The second-order valence-corrected chi connectivity index (χ2v) is 4.46. The molecule has 0 amide bonds. The Bertz CT molecular complexity index is 285. The van der Waals surface area contributed by atoms with Crippen LogP contribution in [-0.2, 0) is 4.74 Å². The van der Waals surface area contributed by atoms with E-state index in [0.717, 1.165) is 12.1 Å². The minimum Gasteiger partial charge on any atom is -0.381 e. The van der Waals surface area contributed by atoms with Crippen molar-refractivity contribution >= 4 is 5.69 Å². The summed E-state index contributed by atoms with van der Waals surface area (Å²) >= 11 is 0. The maximum absolute atomic E-state index is 5.39. The Kier molecular flexibility index (Phi) is 4.09. The first-order chi connectivity index (χ1) is 7.03. The molecule has 84 valence electrons. The van der Waals surface area contributed by atoms with E-state index in [0.29, 0.717) is 6.04 Å². The molecule has 0 aliphatic carbocycles.